The maximum atomic E-state index is 13.7. The Morgan fingerprint density at radius 3 is 3.00 bits per heavy atom. The number of methoxy groups -OCH3 is 1. The average Bonchev–Trinajstić information content (AvgIpc) is 2.67. The van der Waals surface area contributed by atoms with Crippen molar-refractivity contribution in [2.45, 2.75) is 31.5 Å². The van der Waals surface area contributed by atoms with Crippen LogP contribution in [-0.2, 0) is 17.8 Å². The van der Waals surface area contributed by atoms with Gasteiger partial charge in [0.1, 0.15) is 0 Å². The molecule has 3 rings (SSSR count). The third-order valence-corrected chi connectivity index (χ3v) is 5.31. The van der Waals surface area contributed by atoms with Crippen LogP contribution in [0.25, 0.3) is 0 Å². The lowest BCUT2D eigenvalue weighted by molar-refractivity contribution is -0.113. The third kappa shape index (κ3) is 4.90. The molecule has 1 aliphatic heterocycles. The Morgan fingerprint density at radius 1 is 1.46 bits per heavy atom. The second-order valence-corrected chi connectivity index (χ2v) is 7.47. The number of aromatic nitrogens is 2. The monoisotopic (exact) mass is 406 g/mol. The van der Waals surface area contributed by atoms with Crippen LogP contribution in [0.15, 0.2) is 28.2 Å². The second kappa shape index (κ2) is 9.20. The molecule has 1 aliphatic rings. The maximum absolute atomic E-state index is 13.7. The molecule has 1 amide bonds. The first-order valence-corrected chi connectivity index (χ1v) is 10.1. The van der Waals surface area contributed by atoms with Crippen LogP contribution in [-0.4, -0.2) is 46.7 Å². The number of hydrogen-bond donors (Lipinski definition) is 2. The lowest BCUT2D eigenvalue weighted by Gasteiger charge is -2.27. The van der Waals surface area contributed by atoms with Gasteiger partial charge in [-0.2, -0.15) is 0 Å². The van der Waals surface area contributed by atoms with E-state index in [1.807, 2.05) is 0 Å². The van der Waals surface area contributed by atoms with Gasteiger partial charge in [0, 0.05) is 31.3 Å². The standard InChI is InChI=1S/C19H23FN4O3S/c1-3-7-24-8-6-15-13(10-24)18(26)23-19(22-15)28-11-17(25)21-12-4-5-16(27-2)14(20)9-12/h4-5,9H,3,6-8,10-11H2,1-2H3,(H,21,25)(H,22,23,26). The molecule has 0 spiro atoms. The third-order valence-electron chi connectivity index (χ3n) is 4.44. The van der Waals surface area contributed by atoms with Crippen LogP contribution in [0, 0.1) is 5.82 Å². The molecule has 1 aromatic carbocycles. The number of fused-ring (bicyclic) bond motifs is 1. The van der Waals surface area contributed by atoms with E-state index in [-0.39, 0.29) is 23.0 Å². The van der Waals surface area contributed by atoms with Crippen molar-refractivity contribution in [2.24, 2.45) is 0 Å². The quantitative estimate of drug-likeness (QED) is 0.542. The Balaban J connectivity index is 1.60. The zero-order valence-corrected chi connectivity index (χ0v) is 16.7. The Bertz CT molecular complexity index is 919. The summed E-state index contributed by atoms with van der Waals surface area (Å²) >= 11 is 1.15. The van der Waals surface area contributed by atoms with E-state index in [9.17, 15) is 14.0 Å². The fraction of sp³-hybridized carbons (Fsp3) is 0.421. The van der Waals surface area contributed by atoms with Gasteiger partial charge in [-0.3, -0.25) is 14.5 Å². The van der Waals surface area contributed by atoms with Crippen molar-refractivity contribution in [3.63, 3.8) is 0 Å². The lowest BCUT2D eigenvalue weighted by Crippen LogP contribution is -2.36. The maximum Gasteiger partial charge on any atom is 0.256 e. The molecular formula is C19H23FN4O3S. The van der Waals surface area contributed by atoms with Gasteiger partial charge in [0.2, 0.25) is 5.91 Å². The van der Waals surface area contributed by atoms with Crippen LogP contribution in [0.2, 0.25) is 0 Å². The highest BCUT2D eigenvalue weighted by atomic mass is 32.2. The van der Waals surface area contributed by atoms with Crippen LogP contribution in [0.3, 0.4) is 0 Å². The minimum Gasteiger partial charge on any atom is -0.494 e. The van der Waals surface area contributed by atoms with Crippen molar-refractivity contribution in [2.75, 3.05) is 31.3 Å². The van der Waals surface area contributed by atoms with Crippen LogP contribution < -0.4 is 15.6 Å². The molecule has 0 aliphatic carbocycles. The minimum absolute atomic E-state index is 0.0529. The lowest BCUT2D eigenvalue weighted by atomic mass is 10.1. The van der Waals surface area contributed by atoms with E-state index in [1.54, 1.807) is 6.07 Å². The molecule has 0 unspecified atom stereocenters. The summed E-state index contributed by atoms with van der Waals surface area (Å²) in [6.07, 6.45) is 1.77. The molecule has 0 bridgehead atoms. The molecule has 0 atom stereocenters. The number of thioether (sulfide) groups is 1. The fourth-order valence-electron chi connectivity index (χ4n) is 3.11. The number of anilines is 1. The molecule has 2 heterocycles. The Morgan fingerprint density at radius 2 is 2.29 bits per heavy atom. The number of ether oxygens (including phenoxy) is 1. The highest BCUT2D eigenvalue weighted by molar-refractivity contribution is 7.99. The van der Waals surface area contributed by atoms with Crippen molar-refractivity contribution in [3.05, 3.63) is 45.6 Å². The van der Waals surface area contributed by atoms with Crippen molar-refractivity contribution in [1.29, 1.82) is 0 Å². The SMILES string of the molecule is CCCN1CCc2nc(SCC(=O)Nc3ccc(OC)c(F)c3)[nH]c(=O)c2C1. The fourth-order valence-corrected chi connectivity index (χ4v) is 3.79. The predicted octanol–water partition coefficient (Wildman–Crippen LogP) is 2.42. The summed E-state index contributed by atoms with van der Waals surface area (Å²) in [7, 11) is 1.38. The van der Waals surface area contributed by atoms with Gasteiger partial charge in [-0.05, 0) is 25.1 Å². The summed E-state index contributed by atoms with van der Waals surface area (Å²) < 4.78 is 18.5. The van der Waals surface area contributed by atoms with E-state index in [4.69, 9.17) is 4.74 Å². The second-order valence-electron chi connectivity index (χ2n) is 6.51. The summed E-state index contributed by atoms with van der Waals surface area (Å²) in [5.74, 6) is -0.701. The van der Waals surface area contributed by atoms with Gasteiger partial charge in [0.25, 0.3) is 5.56 Å². The highest BCUT2D eigenvalue weighted by Crippen LogP contribution is 2.22. The van der Waals surface area contributed by atoms with Crippen molar-refractivity contribution in [3.8, 4) is 5.75 Å². The Hall–Kier alpha value is -2.39. The molecule has 2 N–H and O–H groups in total. The van der Waals surface area contributed by atoms with E-state index >= 15 is 0 Å². The van der Waals surface area contributed by atoms with Crippen LogP contribution in [0.4, 0.5) is 10.1 Å². The molecule has 2 aromatic rings. The van der Waals surface area contributed by atoms with Crippen molar-refractivity contribution in [1.82, 2.24) is 14.9 Å². The van der Waals surface area contributed by atoms with Gasteiger partial charge >= 0.3 is 0 Å². The molecule has 0 saturated heterocycles. The van der Waals surface area contributed by atoms with Gasteiger partial charge in [-0.1, -0.05) is 18.7 Å². The van der Waals surface area contributed by atoms with Crippen LogP contribution in [0.1, 0.15) is 24.6 Å². The summed E-state index contributed by atoms with van der Waals surface area (Å²) in [5.41, 5.74) is 1.70. The van der Waals surface area contributed by atoms with Gasteiger partial charge < -0.3 is 15.0 Å². The normalized spacial score (nSPS) is 13.8. The van der Waals surface area contributed by atoms with Crippen LogP contribution >= 0.6 is 11.8 Å². The number of carbonyl (C=O) groups excluding carboxylic acids is 1. The summed E-state index contributed by atoms with van der Waals surface area (Å²) in [5, 5.41) is 3.04. The van der Waals surface area contributed by atoms with Gasteiger partial charge in [-0.25, -0.2) is 9.37 Å². The van der Waals surface area contributed by atoms with E-state index < -0.39 is 5.82 Å². The number of hydrogen-bond acceptors (Lipinski definition) is 6. The number of amides is 1. The molecule has 0 saturated carbocycles. The number of carbonyl (C=O) groups is 1. The summed E-state index contributed by atoms with van der Waals surface area (Å²) in [6.45, 7) is 4.56. The van der Waals surface area contributed by atoms with E-state index in [0.29, 0.717) is 23.0 Å². The topological polar surface area (TPSA) is 87.3 Å². The van der Waals surface area contributed by atoms with Crippen molar-refractivity contribution < 1.29 is 13.9 Å². The molecule has 7 nitrogen and oxygen atoms in total. The van der Waals surface area contributed by atoms with E-state index in [2.05, 4.69) is 27.1 Å². The highest BCUT2D eigenvalue weighted by Gasteiger charge is 2.21. The Kier molecular flexibility index (Phi) is 6.69. The zero-order chi connectivity index (χ0) is 20.1. The van der Waals surface area contributed by atoms with Gasteiger partial charge in [-0.15, -0.1) is 0 Å². The number of halogens is 1. The number of rotatable bonds is 7. The first-order valence-electron chi connectivity index (χ1n) is 9.10. The molecule has 28 heavy (non-hydrogen) atoms. The number of nitrogens with one attached hydrogen (secondary N) is 2. The number of nitrogens with zero attached hydrogens (tertiary/aromatic N) is 2. The Labute approximate surface area is 166 Å². The number of benzene rings is 1. The molecule has 0 radical (unpaired) electrons. The zero-order valence-electron chi connectivity index (χ0n) is 15.9. The minimum atomic E-state index is -0.550. The van der Waals surface area contributed by atoms with Crippen molar-refractivity contribution >= 4 is 23.4 Å². The number of H-pyrrole nitrogens is 1. The molecular weight excluding hydrogens is 383 g/mol. The van der Waals surface area contributed by atoms with Gasteiger partial charge in [0.05, 0.1) is 24.1 Å². The molecule has 1 aromatic heterocycles. The first kappa shape index (κ1) is 20.3. The smallest absolute Gasteiger partial charge is 0.256 e. The molecule has 0 fully saturated rings. The number of aromatic amines is 1. The van der Waals surface area contributed by atoms with Crippen LogP contribution in [0.5, 0.6) is 5.75 Å². The first-order chi connectivity index (χ1) is 13.5. The summed E-state index contributed by atoms with van der Waals surface area (Å²) in [6, 6.07) is 4.20. The van der Waals surface area contributed by atoms with E-state index in [1.165, 1.54) is 19.2 Å². The average molecular weight is 406 g/mol. The van der Waals surface area contributed by atoms with E-state index in [0.717, 1.165) is 43.4 Å². The summed E-state index contributed by atoms with van der Waals surface area (Å²) in [4.78, 5) is 34.0. The molecule has 150 valence electrons. The van der Waals surface area contributed by atoms with Gasteiger partial charge in [0.15, 0.2) is 16.7 Å². The predicted molar refractivity (Wildman–Crippen MR) is 106 cm³/mol. The largest absolute Gasteiger partial charge is 0.494 e. The molecule has 9 heteroatoms.